The van der Waals surface area contributed by atoms with Crippen LogP contribution in [-0.4, -0.2) is 18.2 Å². The Morgan fingerprint density at radius 2 is 2.06 bits per heavy atom. The van der Waals surface area contributed by atoms with Gasteiger partial charge in [0.05, 0.1) is 13.5 Å². The molecule has 0 atom stereocenters. The van der Waals surface area contributed by atoms with Crippen molar-refractivity contribution in [1.29, 1.82) is 0 Å². The molecule has 1 aromatic carbocycles. The van der Waals surface area contributed by atoms with Crippen molar-refractivity contribution in [3.63, 3.8) is 0 Å². The van der Waals surface area contributed by atoms with E-state index in [1.165, 1.54) is 13.2 Å². The highest BCUT2D eigenvalue weighted by Crippen LogP contribution is 2.53. The number of carbonyl (C=O) groups is 1. The van der Waals surface area contributed by atoms with Crippen LogP contribution < -0.4 is 4.74 Å². The number of hydrogen-bond donors (Lipinski definition) is 1. The molecular weight excluding hydrogens is 235 g/mol. The molecule has 0 spiro atoms. The second-order valence-electron chi connectivity index (χ2n) is 5.04. The van der Waals surface area contributed by atoms with Gasteiger partial charge in [0.25, 0.3) is 0 Å². The highest BCUT2D eigenvalue weighted by molar-refractivity contribution is 5.70. The second kappa shape index (κ2) is 4.26. The minimum atomic E-state index is -0.841. The molecule has 0 amide bonds. The summed E-state index contributed by atoms with van der Waals surface area (Å²) in [5, 5.41) is 8.97. The second-order valence-corrected chi connectivity index (χ2v) is 5.04. The first-order valence-electron chi connectivity index (χ1n) is 5.97. The van der Waals surface area contributed by atoms with Crippen LogP contribution in [0.15, 0.2) is 6.07 Å². The van der Waals surface area contributed by atoms with Crippen molar-refractivity contribution in [2.24, 2.45) is 0 Å². The van der Waals surface area contributed by atoms with Crippen molar-refractivity contribution in [2.75, 3.05) is 7.11 Å². The standard InChI is InChI=1S/C14H17FO3/c1-8-10(14(4-5-14)7-12(16)17)6-11(15)9(2)13(8)18-3/h6H,4-5,7H2,1-3H3,(H,16,17). The van der Waals surface area contributed by atoms with E-state index in [0.717, 1.165) is 24.0 Å². The van der Waals surface area contributed by atoms with Crippen LogP contribution in [0.1, 0.15) is 36.0 Å². The number of carboxylic acid groups (broad SMARTS) is 1. The van der Waals surface area contributed by atoms with Crippen LogP contribution in [0.25, 0.3) is 0 Å². The average molecular weight is 252 g/mol. The van der Waals surface area contributed by atoms with Gasteiger partial charge in [-0.15, -0.1) is 0 Å². The summed E-state index contributed by atoms with van der Waals surface area (Å²) in [6.07, 6.45) is 1.65. The van der Waals surface area contributed by atoms with Crippen LogP contribution in [-0.2, 0) is 10.2 Å². The molecule has 0 bridgehead atoms. The summed E-state index contributed by atoms with van der Waals surface area (Å²) < 4.78 is 19.1. The molecule has 1 aliphatic carbocycles. The van der Waals surface area contributed by atoms with E-state index >= 15 is 0 Å². The van der Waals surface area contributed by atoms with Crippen LogP contribution in [0.2, 0.25) is 0 Å². The molecule has 0 saturated heterocycles. The lowest BCUT2D eigenvalue weighted by Gasteiger charge is -2.20. The van der Waals surface area contributed by atoms with Gasteiger partial charge in [0, 0.05) is 11.0 Å². The fourth-order valence-electron chi connectivity index (χ4n) is 2.69. The van der Waals surface area contributed by atoms with E-state index in [4.69, 9.17) is 9.84 Å². The lowest BCUT2D eigenvalue weighted by molar-refractivity contribution is -0.137. The third kappa shape index (κ3) is 1.96. The molecule has 0 radical (unpaired) electrons. The summed E-state index contributed by atoms with van der Waals surface area (Å²) in [6.45, 7) is 3.53. The fourth-order valence-corrected chi connectivity index (χ4v) is 2.69. The molecular formula is C14H17FO3. The third-order valence-corrected chi connectivity index (χ3v) is 3.83. The van der Waals surface area contributed by atoms with Crippen molar-refractivity contribution in [3.05, 3.63) is 28.6 Å². The van der Waals surface area contributed by atoms with Gasteiger partial charge >= 0.3 is 5.97 Å². The molecule has 1 aromatic rings. The number of rotatable bonds is 4. The summed E-state index contributed by atoms with van der Waals surface area (Å²) in [7, 11) is 1.51. The monoisotopic (exact) mass is 252 g/mol. The van der Waals surface area contributed by atoms with Gasteiger partial charge in [-0.2, -0.15) is 0 Å². The minimum absolute atomic E-state index is 0.0551. The molecule has 0 aliphatic heterocycles. The summed E-state index contributed by atoms with van der Waals surface area (Å²) in [5.74, 6) is -0.641. The average Bonchev–Trinajstić information content (AvgIpc) is 3.04. The molecule has 18 heavy (non-hydrogen) atoms. The summed E-state index contributed by atoms with van der Waals surface area (Å²) in [4.78, 5) is 10.9. The van der Waals surface area contributed by atoms with E-state index in [1.54, 1.807) is 6.92 Å². The first-order valence-corrected chi connectivity index (χ1v) is 5.97. The van der Waals surface area contributed by atoms with E-state index in [2.05, 4.69) is 0 Å². The number of ether oxygens (including phenoxy) is 1. The van der Waals surface area contributed by atoms with Crippen LogP contribution in [0, 0.1) is 19.7 Å². The molecule has 0 unspecified atom stereocenters. The van der Waals surface area contributed by atoms with E-state index in [1.807, 2.05) is 6.92 Å². The Kier molecular flexibility index (Phi) is 3.05. The van der Waals surface area contributed by atoms with Crippen LogP contribution in [0.4, 0.5) is 4.39 Å². The maximum atomic E-state index is 13.9. The highest BCUT2D eigenvalue weighted by Gasteiger charge is 2.47. The molecule has 2 rings (SSSR count). The van der Waals surface area contributed by atoms with Gasteiger partial charge in [-0.1, -0.05) is 0 Å². The maximum absolute atomic E-state index is 13.9. The topological polar surface area (TPSA) is 46.5 Å². The Morgan fingerprint density at radius 1 is 1.44 bits per heavy atom. The number of halogens is 1. The van der Waals surface area contributed by atoms with Crippen molar-refractivity contribution in [3.8, 4) is 5.75 Å². The third-order valence-electron chi connectivity index (χ3n) is 3.83. The predicted molar refractivity (Wildman–Crippen MR) is 65.6 cm³/mol. The Hall–Kier alpha value is -1.58. The lowest BCUT2D eigenvalue weighted by atomic mass is 9.87. The van der Waals surface area contributed by atoms with Gasteiger partial charge in [0.2, 0.25) is 0 Å². The Morgan fingerprint density at radius 3 is 2.50 bits per heavy atom. The van der Waals surface area contributed by atoms with Crippen LogP contribution in [0.5, 0.6) is 5.75 Å². The number of methoxy groups -OCH3 is 1. The molecule has 0 aromatic heterocycles. The SMILES string of the molecule is COc1c(C)c(F)cc(C2(CC(=O)O)CC2)c1C. The maximum Gasteiger partial charge on any atom is 0.304 e. The molecule has 0 heterocycles. The van der Waals surface area contributed by atoms with Gasteiger partial charge in [-0.05, 0) is 43.9 Å². The molecule has 1 saturated carbocycles. The minimum Gasteiger partial charge on any atom is -0.496 e. The Balaban J connectivity index is 2.52. The first kappa shape index (κ1) is 12.9. The zero-order valence-corrected chi connectivity index (χ0v) is 10.8. The summed E-state index contributed by atoms with van der Waals surface area (Å²) in [5.41, 5.74) is 1.72. The summed E-state index contributed by atoms with van der Waals surface area (Å²) in [6, 6.07) is 1.48. The van der Waals surface area contributed by atoms with Crippen molar-refractivity contribution in [2.45, 2.75) is 38.5 Å². The highest BCUT2D eigenvalue weighted by atomic mass is 19.1. The zero-order chi connectivity index (χ0) is 13.5. The van der Waals surface area contributed by atoms with E-state index in [9.17, 15) is 9.18 Å². The van der Waals surface area contributed by atoms with Gasteiger partial charge in [-0.25, -0.2) is 4.39 Å². The lowest BCUT2D eigenvalue weighted by Crippen LogP contribution is -2.15. The molecule has 4 heteroatoms. The quantitative estimate of drug-likeness (QED) is 0.896. The van der Waals surface area contributed by atoms with E-state index in [-0.39, 0.29) is 12.2 Å². The van der Waals surface area contributed by atoms with Gasteiger partial charge in [-0.3, -0.25) is 4.79 Å². The number of aliphatic carboxylic acids is 1. The molecule has 3 nitrogen and oxygen atoms in total. The van der Waals surface area contributed by atoms with Gasteiger partial charge in [0.1, 0.15) is 11.6 Å². The van der Waals surface area contributed by atoms with Gasteiger partial charge < -0.3 is 9.84 Å². The smallest absolute Gasteiger partial charge is 0.304 e. The number of carboxylic acids is 1. The van der Waals surface area contributed by atoms with Crippen molar-refractivity contribution in [1.82, 2.24) is 0 Å². The molecule has 1 fully saturated rings. The van der Waals surface area contributed by atoms with Crippen LogP contribution in [0.3, 0.4) is 0 Å². The molecule has 98 valence electrons. The van der Waals surface area contributed by atoms with Crippen molar-refractivity contribution < 1.29 is 19.0 Å². The van der Waals surface area contributed by atoms with E-state index in [0.29, 0.717) is 11.3 Å². The summed E-state index contributed by atoms with van der Waals surface area (Å²) >= 11 is 0. The van der Waals surface area contributed by atoms with Gasteiger partial charge in [0.15, 0.2) is 0 Å². The number of benzene rings is 1. The molecule has 1 aliphatic rings. The zero-order valence-electron chi connectivity index (χ0n) is 10.8. The van der Waals surface area contributed by atoms with E-state index < -0.39 is 11.4 Å². The first-order chi connectivity index (χ1) is 8.41. The molecule has 1 N–H and O–H groups in total. The Labute approximate surface area is 106 Å². The Bertz CT molecular complexity index is 504. The number of hydrogen-bond acceptors (Lipinski definition) is 2. The van der Waals surface area contributed by atoms with Crippen molar-refractivity contribution >= 4 is 5.97 Å². The fraction of sp³-hybridized carbons (Fsp3) is 0.500. The largest absolute Gasteiger partial charge is 0.496 e. The predicted octanol–water partition coefficient (Wildman–Crippen LogP) is 2.96. The van der Waals surface area contributed by atoms with Crippen LogP contribution >= 0.6 is 0 Å². The normalized spacial score (nSPS) is 16.4.